The van der Waals surface area contributed by atoms with E-state index in [0.29, 0.717) is 26.2 Å². The van der Waals surface area contributed by atoms with Crippen LogP contribution in [0.5, 0.6) is 0 Å². The second-order valence-electron chi connectivity index (χ2n) is 4.82. The van der Waals surface area contributed by atoms with Gasteiger partial charge in [-0.1, -0.05) is 0 Å². The van der Waals surface area contributed by atoms with E-state index in [0.717, 1.165) is 5.69 Å². The standard InChI is InChI=1S/C13H17FN2O4S/c14-11-1-3-12(4-2-11)15-6-8-16(9-7-15)21(19,20)10-5-13(17)18/h1-4H,5-10H2,(H,17,18). The summed E-state index contributed by atoms with van der Waals surface area (Å²) in [4.78, 5) is 12.4. The zero-order valence-corrected chi connectivity index (χ0v) is 12.2. The van der Waals surface area contributed by atoms with Crippen LogP contribution in [0.25, 0.3) is 0 Å². The second kappa shape index (κ2) is 6.40. The number of benzene rings is 1. The maximum absolute atomic E-state index is 12.9. The van der Waals surface area contributed by atoms with Crippen LogP contribution in [0, 0.1) is 5.82 Å². The molecule has 21 heavy (non-hydrogen) atoms. The number of nitrogens with zero attached hydrogens (tertiary/aromatic N) is 2. The summed E-state index contributed by atoms with van der Waals surface area (Å²) in [6.07, 6.45) is -0.388. The van der Waals surface area contributed by atoms with Gasteiger partial charge in [0.1, 0.15) is 5.82 Å². The highest BCUT2D eigenvalue weighted by molar-refractivity contribution is 7.89. The van der Waals surface area contributed by atoms with Crippen molar-refractivity contribution in [3.05, 3.63) is 30.1 Å². The minimum Gasteiger partial charge on any atom is -0.481 e. The van der Waals surface area contributed by atoms with Gasteiger partial charge in [0.25, 0.3) is 0 Å². The molecule has 1 aliphatic rings. The Kier molecular flexibility index (Phi) is 4.79. The molecule has 0 amide bonds. The number of sulfonamides is 1. The minimum atomic E-state index is -3.52. The number of hydrogen-bond acceptors (Lipinski definition) is 4. The van der Waals surface area contributed by atoms with E-state index in [4.69, 9.17) is 5.11 Å². The summed E-state index contributed by atoms with van der Waals surface area (Å²) in [5.41, 5.74) is 0.846. The monoisotopic (exact) mass is 316 g/mol. The largest absolute Gasteiger partial charge is 0.481 e. The predicted octanol–water partition coefficient (Wildman–Crippen LogP) is 0.752. The van der Waals surface area contributed by atoms with Gasteiger partial charge in [0.05, 0.1) is 12.2 Å². The van der Waals surface area contributed by atoms with Gasteiger partial charge in [-0.05, 0) is 24.3 Å². The summed E-state index contributed by atoms with van der Waals surface area (Å²) >= 11 is 0. The third-order valence-corrected chi connectivity index (χ3v) is 5.27. The molecule has 1 heterocycles. The second-order valence-corrected chi connectivity index (χ2v) is 6.91. The van der Waals surface area contributed by atoms with Crippen molar-refractivity contribution in [2.45, 2.75) is 6.42 Å². The van der Waals surface area contributed by atoms with Crippen LogP contribution in [-0.2, 0) is 14.8 Å². The van der Waals surface area contributed by atoms with E-state index in [1.54, 1.807) is 12.1 Å². The number of piperazine rings is 1. The SMILES string of the molecule is O=C(O)CCS(=O)(=O)N1CCN(c2ccc(F)cc2)CC1. The van der Waals surface area contributed by atoms with E-state index in [-0.39, 0.29) is 18.0 Å². The molecule has 0 saturated carbocycles. The number of hydrogen-bond donors (Lipinski definition) is 1. The van der Waals surface area contributed by atoms with Gasteiger partial charge in [-0.3, -0.25) is 4.79 Å². The molecule has 1 fully saturated rings. The van der Waals surface area contributed by atoms with Crippen molar-refractivity contribution in [3.63, 3.8) is 0 Å². The van der Waals surface area contributed by atoms with Gasteiger partial charge in [0.15, 0.2) is 0 Å². The summed E-state index contributed by atoms with van der Waals surface area (Å²) in [6, 6.07) is 6.05. The molecule has 6 nitrogen and oxygen atoms in total. The number of carbonyl (C=O) groups is 1. The van der Waals surface area contributed by atoms with Crippen LogP contribution in [0.3, 0.4) is 0 Å². The fourth-order valence-electron chi connectivity index (χ4n) is 2.22. The topological polar surface area (TPSA) is 77.9 Å². The average molecular weight is 316 g/mol. The van der Waals surface area contributed by atoms with Crippen molar-refractivity contribution < 1.29 is 22.7 Å². The molecule has 2 rings (SSSR count). The lowest BCUT2D eigenvalue weighted by molar-refractivity contribution is -0.136. The fraction of sp³-hybridized carbons (Fsp3) is 0.462. The van der Waals surface area contributed by atoms with Gasteiger partial charge in [0, 0.05) is 31.9 Å². The van der Waals surface area contributed by atoms with E-state index in [1.165, 1.54) is 16.4 Å². The maximum atomic E-state index is 12.9. The molecule has 1 aromatic rings. The average Bonchev–Trinajstić information content (AvgIpc) is 2.46. The quantitative estimate of drug-likeness (QED) is 0.867. The van der Waals surface area contributed by atoms with Crippen molar-refractivity contribution in [1.82, 2.24) is 4.31 Å². The van der Waals surface area contributed by atoms with Crippen molar-refractivity contribution >= 4 is 21.7 Å². The first kappa shape index (κ1) is 15.7. The molecule has 0 spiro atoms. The zero-order valence-electron chi connectivity index (χ0n) is 11.4. The minimum absolute atomic E-state index is 0.305. The van der Waals surface area contributed by atoms with Gasteiger partial charge in [-0.2, -0.15) is 4.31 Å². The van der Waals surface area contributed by atoms with Crippen LogP contribution < -0.4 is 4.90 Å². The first-order valence-electron chi connectivity index (χ1n) is 6.58. The molecule has 0 aromatic heterocycles. The Hall–Kier alpha value is -1.67. The molecule has 0 atom stereocenters. The fourth-order valence-corrected chi connectivity index (χ4v) is 3.63. The highest BCUT2D eigenvalue weighted by Gasteiger charge is 2.27. The lowest BCUT2D eigenvalue weighted by Gasteiger charge is -2.35. The van der Waals surface area contributed by atoms with Crippen molar-refractivity contribution in [2.24, 2.45) is 0 Å². The lowest BCUT2D eigenvalue weighted by atomic mass is 10.2. The lowest BCUT2D eigenvalue weighted by Crippen LogP contribution is -2.49. The molecular weight excluding hydrogens is 299 g/mol. The van der Waals surface area contributed by atoms with E-state index >= 15 is 0 Å². The molecule has 0 aliphatic carbocycles. The number of aliphatic carboxylic acids is 1. The molecule has 8 heteroatoms. The van der Waals surface area contributed by atoms with E-state index in [9.17, 15) is 17.6 Å². The van der Waals surface area contributed by atoms with Gasteiger partial charge in [0.2, 0.25) is 10.0 Å². The van der Waals surface area contributed by atoms with E-state index in [2.05, 4.69) is 0 Å². The van der Waals surface area contributed by atoms with Gasteiger partial charge < -0.3 is 10.0 Å². The highest BCUT2D eigenvalue weighted by Crippen LogP contribution is 2.18. The normalized spacial score (nSPS) is 16.9. The van der Waals surface area contributed by atoms with Crippen molar-refractivity contribution in [2.75, 3.05) is 36.8 Å². The summed E-state index contributed by atoms with van der Waals surface area (Å²) in [7, 11) is -3.52. The maximum Gasteiger partial charge on any atom is 0.304 e. The summed E-state index contributed by atoms with van der Waals surface area (Å²) < 4.78 is 38.1. The van der Waals surface area contributed by atoms with Gasteiger partial charge in [-0.25, -0.2) is 12.8 Å². The Morgan fingerprint density at radius 1 is 1.14 bits per heavy atom. The summed E-state index contributed by atoms with van der Waals surface area (Å²) in [5, 5.41) is 8.57. The molecular formula is C13H17FN2O4S. The first-order valence-corrected chi connectivity index (χ1v) is 8.19. The Morgan fingerprint density at radius 3 is 2.24 bits per heavy atom. The van der Waals surface area contributed by atoms with Crippen molar-refractivity contribution in [1.29, 1.82) is 0 Å². The van der Waals surface area contributed by atoms with Crippen LogP contribution in [0.1, 0.15) is 6.42 Å². The van der Waals surface area contributed by atoms with Gasteiger partial charge in [-0.15, -0.1) is 0 Å². The number of carboxylic acids is 1. The number of anilines is 1. The number of rotatable bonds is 5. The molecule has 1 N–H and O–H groups in total. The zero-order chi connectivity index (χ0) is 15.5. The van der Waals surface area contributed by atoms with Crippen LogP contribution in [0.4, 0.5) is 10.1 Å². The number of carboxylic acid groups (broad SMARTS) is 1. The predicted molar refractivity (Wildman–Crippen MR) is 76.2 cm³/mol. The molecule has 1 saturated heterocycles. The van der Waals surface area contributed by atoms with Crippen LogP contribution in [0.15, 0.2) is 24.3 Å². The number of halogens is 1. The Labute approximate surface area is 122 Å². The van der Waals surface area contributed by atoms with Gasteiger partial charge >= 0.3 is 5.97 Å². The Morgan fingerprint density at radius 2 is 1.71 bits per heavy atom. The Bertz CT molecular complexity index is 595. The highest BCUT2D eigenvalue weighted by atomic mass is 32.2. The molecule has 0 radical (unpaired) electrons. The Balaban J connectivity index is 1.93. The summed E-state index contributed by atoms with van der Waals surface area (Å²) in [6.45, 7) is 1.61. The van der Waals surface area contributed by atoms with Crippen LogP contribution in [-0.4, -0.2) is 55.7 Å². The third-order valence-electron chi connectivity index (χ3n) is 3.40. The summed E-state index contributed by atoms with van der Waals surface area (Å²) in [5.74, 6) is -1.81. The molecule has 0 unspecified atom stereocenters. The first-order chi connectivity index (χ1) is 9.88. The van der Waals surface area contributed by atoms with Crippen LogP contribution in [0.2, 0.25) is 0 Å². The van der Waals surface area contributed by atoms with Crippen molar-refractivity contribution in [3.8, 4) is 0 Å². The molecule has 1 aliphatic heterocycles. The van der Waals surface area contributed by atoms with E-state index < -0.39 is 16.0 Å². The molecule has 116 valence electrons. The molecule has 0 bridgehead atoms. The van der Waals surface area contributed by atoms with E-state index in [1.807, 2.05) is 4.90 Å². The van der Waals surface area contributed by atoms with Crippen LogP contribution >= 0.6 is 0 Å². The molecule has 1 aromatic carbocycles. The smallest absolute Gasteiger partial charge is 0.304 e. The third kappa shape index (κ3) is 4.15.